The molecule has 0 aromatic carbocycles. The maximum absolute atomic E-state index is 12.9. The van der Waals surface area contributed by atoms with E-state index >= 15 is 0 Å². The molecule has 0 atom stereocenters. The number of halogens is 2. The Hall–Kier alpha value is 0.140. The van der Waals surface area contributed by atoms with Crippen LogP contribution in [0, 0.1) is 0 Å². The summed E-state index contributed by atoms with van der Waals surface area (Å²) in [6, 6.07) is 0.494. The Bertz CT molecular complexity index is 114. The minimum atomic E-state index is 0.459. The lowest BCUT2D eigenvalue weighted by molar-refractivity contribution is 0.0172. The molecule has 0 fully saturated rings. The molecule has 0 aliphatic heterocycles. The highest BCUT2D eigenvalue weighted by Crippen LogP contribution is 1.97. The van der Waals surface area contributed by atoms with Crippen LogP contribution >= 0.6 is 11.6 Å². The van der Waals surface area contributed by atoms with E-state index in [4.69, 9.17) is 11.6 Å². The monoisotopic (exact) mass is 210 g/mol. The lowest BCUT2D eigenvalue weighted by atomic mass is 10.4. The van der Waals surface area contributed by atoms with Gasteiger partial charge in [-0.3, -0.25) is 4.90 Å². The van der Waals surface area contributed by atoms with Crippen LogP contribution in [0.1, 0.15) is 26.7 Å². The van der Waals surface area contributed by atoms with Crippen molar-refractivity contribution in [1.82, 2.24) is 10.0 Å². The SMILES string of the molecule is CCCN(F)CCN(CCl)CCC. The van der Waals surface area contributed by atoms with Gasteiger partial charge in [0.1, 0.15) is 0 Å². The van der Waals surface area contributed by atoms with Gasteiger partial charge in [0.25, 0.3) is 0 Å². The van der Waals surface area contributed by atoms with Crippen LogP contribution in [-0.2, 0) is 0 Å². The quantitative estimate of drug-likeness (QED) is 0.345. The fraction of sp³-hybridized carbons (Fsp3) is 1.00. The van der Waals surface area contributed by atoms with Gasteiger partial charge in [-0.05, 0) is 19.4 Å². The second-order valence-electron chi connectivity index (χ2n) is 3.15. The van der Waals surface area contributed by atoms with Crippen LogP contribution in [0.2, 0.25) is 0 Å². The predicted molar refractivity (Wildman–Crippen MR) is 55.6 cm³/mol. The molecule has 0 heterocycles. The first-order valence-corrected chi connectivity index (χ1v) is 5.47. The summed E-state index contributed by atoms with van der Waals surface area (Å²) in [5, 5.41) is 0.856. The number of hydrogen-bond donors (Lipinski definition) is 0. The Balaban J connectivity index is 3.46. The molecule has 0 saturated heterocycles. The van der Waals surface area contributed by atoms with Gasteiger partial charge in [0.2, 0.25) is 0 Å². The third-order valence-electron chi connectivity index (χ3n) is 1.83. The van der Waals surface area contributed by atoms with E-state index in [1.165, 1.54) is 0 Å². The van der Waals surface area contributed by atoms with E-state index < -0.39 is 0 Å². The zero-order valence-corrected chi connectivity index (χ0v) is 9.36. The third kappa shape index (κ3) is 7.23. The first-order valence-electron chi connectivity index (χ1n) is 4.93. The van der Waals surface area contributed by atoms with Crippen LogP contribution < -0.4 is 0 Å². The van der Waals surface area contributed by atoms with Crippen molar-refractivity contribution in [3.05, 3.63) is 0 Å². The molecule has 0 spiro atoms. The number of rotatable bonds is 8. The number of alkyl halides is 1. The van der Waals surface area contributed by atoms with Crippen molar-refractivity contribution in [2.45, 2.75) is 26.7 Å². The Labute approximate surface area is 85.6 Å². The Morgan fingerprint density at radius 2 is 1.62 bits per heavy atom. The van der Waals surface area contributed by atoms with Crippen molar-refractivity contribution in [3.63, 3.8) is 0 Å². The summed E-state index contributed by atoms with van der Waals surface area (Å²) in [7, 11) is 0. The van der Waals surface area contributed by atoms with E-state index in [2.05, 4.69) is 6.92 Å². The highest BCUT2D eigenvalue weighted by atomic mass is 35.5. The standard InChI is InChI=1S/C9H20ClFN2/c1-3-5-12(9-10)7-8-13(11)6-4-2/h3-9H2,1-2H3. The van der Waals surface area contributed by atoms with E-state index in [9.17, 15) is 4.48 Å². The van der Waals surface area contributed by atoms with Gasteiger partial charge < -0.3 is 0 Å². The van der Waals surface area contributed by atoms with Gasteiger partial charge in [0, 0.05) is 19.6 Å². The minimum absolute atomic E-state index is 0.459. The summed E-state index contributed by atoms with van der Waals surface area (Å²) in [5.41, 5.74) is 0. The zero-order valence-electron chi connectivity index (χ0n) is 8.60. The van der Waals surface area contributed by atoms with E-state index in [1.807, 2.05) is 11.8 Å². The van der Waals surface area contributed by atoms with Crippen LogP contribution in [0.25, 0.3) is 0 Å². The maximum atomic E-state index is 12.9. The van der Waals surface area contributed by atoms with Crippen LogP contribution in [0.15, 0.2) is 0 Å². The largest absolute Gasteiger partial charge is 0.289 e. The predicted octanol–water partition coefficient (Wildman–Crippen LogP) is 2.49. The van der Waals surface area contributed by atoms with Crippen LogP contribution in [0.5, 0.6) is 0 Å². The average molecular weight is 211 g/mol. The fourth-order valence-corrected chi connectivity index (χ4v) is 1.39. The molecule has 2 nitrogen and oxygen atoms in total. The smallest absolute Gasteiger partial charge is 0.0738 e. The van der Waals surface area contributed by atoms with Crippen molar-refractivity contribution in [2.24, 2.45) is 0 Å². The van der Waals surface area contributed by atoms with E-state index in [0.717, 1.165) is 24.5 Å². The molecule has 0 saturated carbocycles. The van der Waals surface area contributed by atoms with Crippen molar-refractivity contribution < 1.29 is 4.48 Å². The molecule has 13 heavy (non-hydrogen) atoms. The number of hydrogen-bond acceptors (Lipinski definition) is 2. The minimum Gasteiger partial charge on any atom is -0.289 e. The molecule has 0 aliphatic rings. The second kappa shape index (κ2) is 8.73. The molecule has 0 radical (unpaired) electrons. The normalized spacial score (nSPS) is 11.5. The molecule has 0 aromatic heterocycles. The number of nitrogens with zero attached hydrogens (tertiary/aromatic N) is 2. The summed E-state index contributed by atoms with van der Waals surface area (Å²) in [5.74, 6) is 0. The Morgan fingerprint density at radius 1 is 1.00 bits per heavy atom. The molecule has 0 aromatic rings. The third-order valence-corrected chi connectivity index (χ3v) is 2.17. The van der Waals surface area contributed by atoms with E-state index in [1.54, 1.807) is 0 Å². The molecule has 80 valence electrons. The Morgan fingerprint density at radius 3 is 2.08 bits per heavy atom. The molecule has 0 N–H and O–H groups in total. The second-order valence-corrected chi connectivity index (χ2v) is 3.39. The lowest BCUT2D eigenvalue weighted by Crippen LogP contribution is -2.31. The summed E-state index contributed by atoms with van der Waals surface area (Å²) in [6.07, 6.45) is 1.91. The average Bonchev–Trinajstić information content (AvgIpc) is 2.12. The Kier molecular flexibility index (Phi) is 8.82. The highest BCUT2D eigenvalue weighted by molar-refractivity contribution is 6.17. The van der Waals surface area contributed by atoms with Crippen molar-refractivity contribution >= 4 is 11.6 Å². The molecule has 0 rings (SSSR count). The van der Waals surface area contributed by atoms with Crippen LogP contribution in [0.3, 0.4) is 0 Å². The van der Waals surface area contributed by atoms with Crippen LogP contribution in [0.4, 0.5) is 4.48 Å². The first kappa shape index (κ1) is 13.1. The summed E-state index contributed by atoms with van der Waals surface area (Å²) in [6.45, 7) is 6.71. The summed E-state index contributed by atoms with van der Waals surface area (Å²) in [4.78, 5) is 2.05. The van der Waals surface area contributed by atoms with Gasteiger partial charge in [0.15, 0.2) is 0 Å². The van der Waals surface area contributed by atoms with E-state index in [0.29, 0.717) is 25.6 Å². The molecule has 0 bridgehead atoms. The molecule has 0 amide bonds. The van der Waals surface area contributed by atoms with Gasteiger partial charge in [-0.1, -0.05) is 13.8 Å². The van der Waals surface area contributed by atoms with Gasteiger partial charge in [-0.2, -0.15) is 0 Å². The molecule has 0 unspecified atom stereocenters. The van der Waals surface area contributed by atoms with Gasteiger partial charge in [-0.15, -0.1) is 21.2 Å². The molecular weight excluding hydrogens is 191 g/mol. The maximum Gasteiger partial charge on any atom is 0.0738 e. The van der Waals surface area contributed by atoms with Gasteiger partial charge in [-0.25, -0.2) is 0 Å². The topological polar surface area (TPSA) is 6.48 Å². The van der Waals surface area contributed by atoms with Crippen molar-refractivity contribution in [3.8, 4) is 0 Å². The summed E-state index contributed by atoms with van der Waals surface area (Å²) < 4.78 is 12.9. The first-order chi connectivity index (χ1) is 6.24. The fourth-order valence-electron chi connectivity index (χ4n) is 1.15. The van der Waals surface area contributed by atoms with Crippen molar-refractivity contribution in [1.29, 1.82) is 0 Å². The van der Waals surface area contributed by atoms with E-state index in [-0.39, 0.29) is 0 Å². The summed E-state index contributed by atoms with van der Waals surface area (Å²) >= 11 is 5.69. The lowest BCUT2D eigenvalue weighted by Gasteiger charge is -2.20. The zero-order chi connectivity index (χ0) is 10.1. The molecule has 4 heteroatoms. The van der Waals surface area contributed by atoms with Crippen LogP contribution in [-0.4, -0.2) is 42.2 Å². The highest BCUT2D eigenvalue weighted by Gasteiger charge is 2.05. The van der Waals surface area contributed by atoms with Crippen molar-refractivity contribution in [2.75, 3.05) is 32.2 Å². The van der Waals surface area contributed by atoms with Gasteiger partial charge >= 0.3 is 0 Å². The van der Waals surface area contributed by atoms with Gasteiger partial charge in [0.05, 0.1) is 6.00 Å². The molecule has 0 aliphatic carbocycles. The molecular formula is C9H20ClFN2.